The third-order valence-corrected chi connectivity index (χ3v) is 7.65. The predicted octanol–water partition coefficient (Wildman–Crippen LogP) is 4.63. The number of halogens is 6. The molecule has 2 aromatic rings. The highest BCUT2D eigenvalue weighted by Gasteiger charge is 2.35. The summed E-state index contributed by atoms with van der Waals surface area (Å²) in [6.45, 7) is 5.80. The first-order valence-electron chi connectivity index (χ1n) is 13.2. The van der Waals surface area contributed by atoms with E-state index < -0.39 is 17.6 Å². The first-order valence-corrected chi connectivity index (χ1v) is 13.5. The Morgan fingerprint density at radius 2 is 1.76 bits per heavy atom. The Morgan fingerprint density at radius 1 is 1.05 bits per heavy atom. The number of aromatic hydroxyl groups is 1. The molecule has 0 bridgehead atoms. The van der Waals surface area contributed by atoms with Gasteiger partial charge in [0, 0.05) is 64.5 Å². The number of rotatable bonds is 9. The Labute approximate surface area is 261 Å². The van der Waals surface area contributed by atoms with Crippen molar-refractivity contribution in [3.05, 3.63) is 58.1 Å². The summed E-state index contributed by atoms with van der Waals surface area (Å²) in [5.74, 6) is -0.596. The van der Waals surface area contributed by atoms with E-state index in [0.717, 1.165) is 43.9 Å². The molecule has 2 heterocycles. The molecule has 2 aromatic carbocycles. The average Bonchev–Trinajstić information content (AvgIpc) is 2.93. The zero-order valence-corrected chi connectivity index (χ0v) is 25.8. The lowest BCUT2D eigenvalue weighted by atomic mass is 9.99. The third kappa shape index (κ3) is 9.51. The van der Waals surface area contributed by atoms with Crippen LogP contribution >= 0.6 is 36.4 Å². The van der Waals surface area contributed by atoms with Gasteiger partial charge in [-0.1, -0.05) is 17.7 Å². The number of phenolic OH excluding ortho intramolecular Hbond substituents is 1. The van der Waals surface area contributed by atoms with Gasteiger partial charge < -0.3 is 24.2 Å². The van der Waals surface area contributed by atoms with Crippen molar-refractivity contribution < 1.29 is 37.3 Å². The van der Waals surface area contributed by atoms with Gasteiger partial charge in [-0.3, -0.25) is 14.6 Å². The number of ether oxygens (including phenoxy) is 3. The number of nitrogens with zero attached hydrogens (tertiary/aromatic N) is 3. The van der Waals surface area contributed by atoms with Gasteiger partial charge >= 0.3 is 6.18 Å². The van der Waals surface area contributed by atoms with Crippen molar-refractivity contribution in [3.63, 3.8) is 0 Å². The smallest absolute Gasteiger partial charge is 0.416 e. The normalized spacial score (nSPS) is 20.0. The Kier molecular flexibility index (Phi) is 14.0. The number of hydrogen-bond donors (Lipinski definition) is 1. The molecule has 0 spiro atoms. The van der Waals surface area contributed by atoms with Crippen LogP contribution in [0.1, 0.15) is 21.5 Å². The summed E-state index contributed by atoms with van der Waals surface area (Å²) in [5.41, 5.74) is -0.254. The molecule has 2 fully saturated rings. The third-order valence-electron chi connectivity index (χ3n) is 7.33. The summed E-state index contributed by atoms with van der Waals surface area (Å²) in [4.78, 5) is 19.9. The van der Waals surface area contributed by atoms with Crippen molar-refractivity contribution in [1.29, 1.82) is 0 Å². The summed E-state index contributed by atoms with van der Waals surface area (Å²) in [6, 6.07) is 7.67. The molecule has 2 aliphatic heterocycles. The van der Waals surface area contributed by atoms with Crippen LogP contribution in [-0.2, 0) is 22.1 Å². The molecule has 2 aliphatic rings. The van der Waals surface area contributed by atoms with Crippen LogP contribution in [0.5, 0.6) is 11.5 Å². The van der Waals surface area contributed by atoms with Gasteiger partial charge in [0.15, 0.2) is 0 Å². The quantitative estimate of drug-likeness (QED) is 0.421. The lowest BCUT2D eigenvalue weighted by Gasteiger charge is -2.42. The largest absolute Gasteiger partial charge is 0.506 e. The summed E-state index contributed by atoms with van der Waals surface area (Å²) in [6.07, 6.45) is -4.19. The maximum absolute atomic E-state index is 13.7. The van der Waals surface area contributed by atoms with Crippen molar-refractivity contribution in [2.45, 2.75) is 24.7 Å². The van der Waals surface area contributed by atoms with Crippen LogP contribution in [0.2, 0.25) is 5.02 Å². The van der Waals surface area contributed by atoms with Gasteiger partial charge in [-0.15, -0.1) is 24.8 Å². The number of alkyl halides is 3. The van der Waals surface area contributed by atoms with Crippen molar-refractivity contribution in [1.82, 2.24) is 14.7 Å². The molecule has 8 nitrogen and oxygen atoms in total. The van der Waals surface area contributed by atoms with Crippen LogP contribution < -0.4 is 4.74 Å². The second-order valence-electron chi connectivity index (χ2n) is 10.1. The molecule has 236 valence electrons. The van der Waals surface area contributed by atoms with Crippen LogP contribution in [-0.4, -0.2) is 111 Å². The molecule has 0 saturated carbocycles. The van der Waals surface area contributed by atoms with Crippen LogP contribution in [0.25, 0.3) is 0 Å². The Balaban J connectivity index is 0.00000308. The molecule has 42 heavy (non-hydrogen) atoms. The Morgan fingerprint density at radius 3 is 2.40 bits per heavy atom. The van der Waals surface area contributed by atoms with E-state index in [1.165, 1.54) is 13.2 Å². The Bertz CT molecular complexity index is 1180. The van der Waals surface area contributed by atoms with Gasteiger partial charge in [-0.2, -0.15) is 13.2 Å². The number of morpholine rings is 1. The summed E-state index contributed by atoms with van der Waals surface area (Å²) in [5, 5.41) is 10.3. The molecule has 1 N–H and O–H groups in total. The van der Waals surface area contributed by atoms with Crippen molar-refractivity contribution in [3.8, 4) is 11.5 Å². The molecule has 0 unspecified atom stereocenters. The maximum atomic E-state index is 13.7. The fourth-order valence-electron chi connectivity index (χ4n) is 5.25. The fourth-order valence-corrected chi connectivity index (χ4v) is 5.36. The summed E-state index contributed by atoms with van der Waals surface area (Å²) < 4.78 is 56.6. The molecule has 0 aromatic heterocycles. The molecule has 2 atom stereocenters. The van der Waals surface area contributed by atoms with Gasteiger partial charge in [0.2, 0.25) is 0 Å². The van der Waals surface area contributed by atoms with E-state index in [1.807, 2.05) is 0 Å². The fraction of sp³-hybridized carbons (Fsp3) is 0.536. The van der Waals surface area contributed by atoms with E-state index in [0.29, 0.717) is 39.3 Å². The highest BCUT2D eigenvalue weighted by atomic mass is 35.5. The number of benzene rings is 2. The second kappa shape index (κ2) is 16.2. The van der Waals surface area contributed by atoms with Gasteiger partial charge in [-0.25, -0.2) is 0 Å². The number of piperazine rings is 1. The topological polar surface area (TPSA) is 74.7 Å². The van der Waals surface area contributed by atoms with Crippen LogP contribution in [0.15, 0.2) is 36.4 Å². The SMILES string of the molecule is COC[C@@H]1CN(CCN2CCN(C(=O)c3cc(OC)cc(C(F)(F)F)c3)[C@H](Cc3ccc(Cl)c(O)c3)C2)CCO1.Cl.Cl. The highest BCUT2D eigenvalue weighted by molar-refractivity contribution is 6.32. The van der Waals surface area contributed by atoms with Gasteiger partial charge in [0.05, 0.1) is 37.0 Å². The molecule has 1 amide bonds. The number of methoxy groups -OCH3 is 2. The monoisotopic (exact) mass is 657 g/mol. The van der Waals surface area contributed by atoms with Crippen LogP contribution in [0, 0.1) is 0 Å². The maximum Gasteiger partial charge on any atom is 0.416 e. The van der Waals surface area contributed by atoms with E-state index in [2.05, 4.69) is 9.80 Å². The molecule has 0 radical (unpaired) electrons. The number of phenols is 1. The van der Waals surface area contributed by atoms with E-state index in [9.17, 15) is 23.1 Å². The van der Waals surface area contributed by atoms with Gasteiger partial charge in [0.25, 0.3) is 5.91 Å². The van der Waals surface area contributed by atoms with Gasteiger partial charge in [0.1, 0.15) is 11.5 Å². The van der Waals surface area contributed by atoms with E-state index in [1.54, 1.807) is 30.2 Å². The second-order valence-corrected chi connectivity index (χ2v) is 10.5. The molecular weight excluding hydrogens is 622 g/mol. The number of carbonyl (C=O) groups is 1. The lowest BCUT2D eigenvalue weighted by molar-refractivity contribution is -0.137. The molecular formula is C28H37Cl3F3N3O5. The van der Waals surface area contributed by atoms with E-state index >= 15 is 0 Å². The highest BCUT2D eigenvalue weighted by Crippen LogP contribution is 2.33. The first-order chi connectivity index (χ1) is 19.1. The van der Waals surface area contributed by atoms with Crippen LogP contribution in [0.4, 0.5) is 13.2 Å². The minimum absolute atomic E-state index is 0. The lowest BCUT2D eigenvalue weighted by Crippen LogP contribution is -2.57. The van der Waals surface area contributed by atoms with E-state index in [4.69, 9.17) is 25.8 Å². The van der Waals surface area contributed by atoms with Crippen LogP contribution in [0.3, 0.4) is 0 Å². The van der Waals surface area contributed by atoms with Crippen molar-refractivity contribution >= 4 is 42.3 Å². The van der Waals surface area contributed by atoms with E-state index in [-0.39, 0.29) is 59.0 Å². The van der Waals surface area contributed by atoms with Gasteiger partial charge in [-0.05, 0) is 42.3 Å². The summed E-state index contributed by atoms with van der Waals surface area (Å²) in [7, 11) is 2.92. The van der Waals surface area contributed by atoms with Crippen molar-refractivity contribution in [2.24, 2.45) is 0 Å². The van der Waals surface area contributed by atoms with Crippen molar-refractivity contribution in [2.75, 3.05) is 73.2 Å². The number of hydrogen-bond acceptors (Lipinski definition) is 7. The first kappa shape index (κ1) is 36.2. The standard InChI is InChI=1S/C28H35ClF3N3O5.2ClH/c1-38-18-24-17-34(9-10-40-24)6-5-33-7-8-35(22(16-33)11-19-3-4-25(29)26(36)12-19)27(37)20-13-21(28(30,31)32)15-23(14-20)39-2;;/h3-4,12-15,22,24,36H,5-11,16-18H2,1-2H3;2*1H/t22-,24+;;/m1../s1. The Hall–Kier alpha value is -1.99. The number of carbonyl (C=O) groups excluding carboxylic acids is 1. The predicted molar refractivity (Wildman–Crippen MR) is 159 cm³/mol. The number of amides is 1. The summed E-state index contributed by atoms with van der Waals surface area (Å²) >= 11 is 5.98. The zero-order valence-electron chi connectivity index (χ0n) is 23.4. The zero-order chi connectivity index (χ0) is 28.9. The molecule has 0 aliphatic carbocycles. The molecule has 4 rings (SSSR count). The minimum Gasteiger partial charge on any atom is -0.506 e. The average molecular weight is 659 g/mol. The molecule has 14 heteroatoms. The minimum atomic E-state index is -4.62. The molecule has 2 saturated heterocycles.